The van der Waals surface area contributed by atoms with Gasteiger partial charge in [-0.3, -0.25) is 4.79 Å². The summed E-state index contributed by atoms with van der Waals surface area (Å²) in [6.07, 6.45) is 3.44. The van der Waals surface area contributed by atoms with Gasteiger partial charge in [-0.1, -0.05) is 24.3 Å². The van der Waals surface area contributed by atoms with Crippen molar-refractivity contribution in [2.45, 2.75) is 4.90 Å². The van der Waals surface area contributed by atoms with Crippen LogP contribution in [0.1, 0.15) is 5.56 Å². The standard InChI is InChI=1S/C16H12N2O3S/c1-22-12-8-6-11(7-9-12)10-17-18-15(19)13-4-2-3-5-14(13)21-16(18)20/h2-10H,1H3/b17-10-. The summed E-state index contributed by atoms with van der Waals surface area (Å²) in [5.41, 5.74) is 0.550. The van der Waals surface area contributed by atoms with Crippen molar-refractivity contribution in [3.05, 3.63) is 75.0 Å². The first-order valence-corrected chi connectivity index (χ1v) is 7.75. The number of rotatable bonds is 3. The molecule has 0 amide bonds. The molecule has 2 aromatic carbocycles. The molecule has 0 aliphatic heterocycles. The second-order valence-electron chi connectivity index (χ2n) is 4.50. The molecule has 0 N–H and O–H groups in total. The third-order valence-electron chi connectivity index (χ3n) is 3.12. The van der Waals surface area contributed by atoms with Crippen LogP contribution < -0.4 is 11.3 Å². The fraction of sp³-hybridized carbons (Fsp3) is 0.0625. The van der Waals surface area contributed by atoms with Crippen LogP contribution in [-0.4, -0.2) is 17.1 Å². The minimum Gasteiger partial charge on any atom is -0.408 e. The largest absolute Gasteiger partial charge is 0.443 e. The van der Waals surface area contributed by atoms with E-state index in [1.54, 1.807) is 36.0 Å². The van der Waals surface area contributed by atoms with Gasteiger partial charge >= 0.3 is 5.76 Å². The molecule has 0 aliphatic carbocycles. The van der Waals surface area contributed by atoms with Crippen LogP contribution in [0.4, 0.5) is 0 Å². The number of nitrogens with zero attached hydrogens (tertiary/aromatic N) is 2. The van der Waals surface area contributed by atoms with Gasteiger partial charge in [0, 0.05) is 4.90 Å². The van der Waals surface area contributed by atoms with E-state index in [-0.39, 0.29) is 5.58 Å². The Bertz CT molecular complexity index is 956. The highest BCUT2D eigenvalue weighted by atomic mass is 32.2. The van der Waals surface area contributed by atoms with Gasteiger partial charge in [-0.15, -0.1) is 16.4 Å². The lowest BCUT2D eigenvalue weighted by atomic mass is 10.2. The number of thioether (sulfide) groups is 1. The molecule has 1 heterocycles. The van der Waals surface area contributed by atoms with Gasteiger partial charge < -0.3 is 4.42 Å². The maximum atomic E-state index is 12.3. The van der Waals surface area contributed by atoms with E-state index in [0.29, 0.717) is 5.39 Å². The van der Waals surface area contributed by atoms with Crippen LogP contribution in [0.25, 0.3) is 11.0 Å². The van der Waals surface area contributed by atoms with Crippen LogP contribution in [0, 0.1) is 0 Å². The monoisotopic (exact) mass is 312 g/mol. The molecule has 0 aliphatic rings. The maximum Gasteiger partial charge on any atom is 0.443 e. The zero-order chi connectivity index (χ0) is 15.5. The number of para-hydroxylation sites is 1. The molecule has 3 rings (SSSR count). The Hall–Kier alpha value is -2.60. The molecular weight excluding hydrogens is 300 g/mol. The number of hydrogen-bond donors (Lipinski definition) is 0. The first-order chi connectivity index (χ1) is 10.7. The molecule has 110 valence electrons. The Labute approximate surface area is 129 Å². The SMILES string of the molecule is CSc1ccc(/C=N\n2c(=O)oc3ccccc3c2=O)cc1. The van der Waals surface area contributed by atoms with Crippen LogP contribution in [-0.2, 0) is 0 Å². The second-order valence-corrected chi connectivity index (χ2v) is 5.38. The van der Waals surface area contributed by atoms with Crippen molar-refractivity contribution in [1.82, 2.24) is 4.68 Å². The molecule has 22 heavy (non-hydrogen) atoms. The third-order valence-corrected chi connectivity index (χ3v) is 3.86. The van der Waals surface area contributed by atoms with Crippen LogP contribution >= 0.6 is 11.8 Å². The highest BCUT2D eigenvalue weighted by Gasteiger charge is 2.07. The predicted octanol–water partition coefficient (Wildman–Crippen LogP) is 2.56. The number of fused-ring (bicyclic) bond motifs is 1. The van der Waals surface area contributed by atoms with Crippen molar-refractivity contribution in [3.63, 3.8) is 0 Å². The fourth-order valence-corrected chi connectivity index (χ4v) is 2.39. The molecule has 0 spiro atoms. The molecule has 0 atom stereocenters. The summed E-state index contributed by atoms with van der Waals surface area (Å²) in [6, 6.07) is 14.2. The van der Waals surface area contributed by atoms with E-state index >= 15 is 0 Å². The molecular formula is C16H12N2O3S. The van der Waals surface area contributed by atoms with Crippen molar-refractivity contribution in [1.29, 1.82) is 0 Å². The minimum absolute atomic E-state index is 0.258. The Kier molecular flexibility index (Phi) is 3.93. The molecule has 0 saturated heterocycles. The maximum absolute atomic E-state index is 12.3. The molecule has 0 fully saturated rings. The summed E-state index contributed by atoms with van der Waals surface area (Å²) in [5, 5.41) is 4.26. The highest BCUT2D eigenvalue weighted by Crippen LogP contribution is 2.14. The van der Waals surface area contributed by atoms with Gasteiger partial charge in [0.25, 0.3) is 5.56 Å². The second kappa shape index (κ2) is 6.03. The van der Waals surface area contributed by atoms with Gasteiger partial charge in [0.15, 0.2) is 0 Å². The van der Waals surface area contributed by atoms with E-state index in [1.165, 1.54) is 6.21 Å². The Morgan fingerprint density at radius 1 is 1.09 bits per heavy atom. The van der Waals surface area contributed by atoms with E-state index < -0.39 is 11.3 Å². The van der Waals surface area contributed by atoms with Crippen molar-refractivity contribution in [2.75, 3.05) is 6.26 Å². The smallest absolute Gasteiger partial charge is 0.408 e. The third kappa shape index (κ3) is 2.73. The van der Waals surface area contributed by atoms with Gasteiger partial charge in [0.2, 0.25) is 0 Å². The summed E-state index contributed by atoms with van der Waals surface area (Å²) in [7, 11) is 0. The molecule has 0 radical (unpaired) electrons. The van der Waals surface area contributed by atoms with Gasteiger partial charge in [0.1, 0.15) is 5.58 Å². The first-order valence-electron chi connectivity index (χ1n) is 6.52. The zero-order valence-electron chi connectivity index (χ0n) is 11.7. The molecule has 0 saturated carbocycles. The van der Waals surface area contributed by atoms with Crippen molar-refractivity contribution >= 4 is 28.9 Å². The lowest BCUT2D eigenvalue weighted by molar-refractivity contribution is 0.481. The fourth-order valence-electron chi connectivity index (χ4n) is 1.98. The summed E-state index contributed by atoms with van der Waals surface area (Å²) in [5.74, 6) is -0.805. The topological polar surface area (TPSA) is 64.6 Å². The molecule has 1 aromatic heterocycles. The predicted molar refractivity (Wildman–Crippen MR) is 88.0 cm³/mol. The lowest BCUT2D eigenvalue weighted by Gasteiger charge is -1.99. The van der Waals surface area contributed by atoms with Gasteiger partial charge in [-0.25, -0.2) is 4.79 Å². The van der Waals surface area contributed by atoms with Crippen LogP contribution in [0.5, 0.6) is 0 Å². The molecule has 0 unspecified atom stereocenters. The Morgan fingerprint density at radius 3 is 2.55 bits per heavy atom. The van der Waals surface area contributed by atoms with E-state index in [0.717, 1.165) is 15.1 Å². The zero-order valence-corrected chi connectivity index (χ0v) is 12.5. The Morgan fingerprint density at radius 2 is 1.82 bits per heavy atom. The average Bonchev–Trinajstić information content (AvgIpc) is 2.55. The number of benzene rings is 2. The summed E-state index contributed by atoms with van der Waals surface area (Å²) >= 11 is 1.63. The van der Waals surface area contributed by atoms with Gasteiger partial charge in [-0.2, -0.15) is 5.10 Å². The van der Waals surface area contributed by atoms with Gasteiger partial charge in [0.05, 0.1) is 11.6 Å². The highest BCUT2D eigenvalue weighted by molar-refractivity contribution is 7.98. The summed E-state index contributed by atoms with van der Waals surface area (Å²) in [6.45, 7) is 0. The summed E-state index contributed by atoms with van der Waals surface area (Å²) in [4.78, 5) is 25.2. The van der Waals surface area contributed by atoms with Crippen LogP contribution in [0.2, 0.25) is 0 Å². The average molecular weight is 312 g/mol. The van der Waals surface area contributed by atoms with Crippen LogP contribution in [0.15, 0.2) is 72.5 Å². The number of aromatic nitrogens is 1. The van der Waals surface area contributed by atoms with Crippen molar-refractivity contribution in [2.24, 2.45) is 5.10 Å². The molecule has 3 aromatic rings. The molecule has 5 nitrogen and oxygen atoms in total. The first kappa shape index (κ1) is 14.3. The molecule has 6 heteroatoms. The van der Waals surface area contributed by atoms with E-state index in [4.69, 9.17) is 4.42 Å². The van der Waals surface area contributed by atoms with Crippen LogP contribution in [0.3, 0.4) is 0 Å². The van der Waals surface area contributed by atoms with Gasteiger partial charge in [-0.05, 0) is 36.1 Å². The van der Waals surface area contributed by atoms with E-state index in [2.05, 4.69) is 5.10 Å². The normalized spacial score (nSPS) is 11.3. The van der Waals surface area contributed by atoms with Crippen molar-refractivity contribution in [3.8, 4) is 0 Å². The summed E-state index contributed by atoms with van der Waals surface area (Å²) < 4.78 is 5.82. The van der Waals surface area contributed by atoms with E-state index in [1.807, 2.05) is 30.5 Å². The number of hydrogen-bond acceptors (Lipinski definition) is 5. The Balaban J connectivity index is 2.04. The van der Waals surface area contributed by atoms with E-state index in [9.17, 15) is 9.59 Å². The molecule has 0 bridgehead atoms. The minimum atomic E-state index is -0.805. The van der Waals surface area contributed by atoms with Crippen molar-refractivity contribution < 1.29 is 4.42 Å². The lowest BCUT2D eigenvalue weighted by Crippen LogP contribution is -2.29. The quantitative estimate of drug-likeness (QED) is 0.551.